The van der Waals surface area contributed by atoms with Crippen molar-refractivity contribution >= 4 is 28.3 Å². The highest BCUT2D eigenvalue weighted by Gasteiger charge is 2.07. The molecule has 0 saturated heterocycles. The molecule has 3 rings (SSSR count). The van der Waals surface area contributed by atoms with Gasteiger partial charge in [0.1, 0.15) is 18.2 Å². The minimum absolute atomic E-state index is 0. The summed E-state index contributed by atoms with van der Waals surface area (Å²) in [7, 11) is 3.27. The van der Waals surface area contributed by atoms with Gasteiger partial charge in [-0.25, -0.2) is 4.39 Å². The predicted molar refractivity (Wildman–Crippen MR) is 127 cm³/mol. The lowest BCUT2D eigenvalue weighted by Gasteiger charge is -2.14. The zero-order valence-corrected chi connectivity index (χ0v) is 19.9. The Morgan fingerprint density at radius 3 is 2.23 bits per heavy atom. The largest absolute Gasteiger partial charge is 0.493 e. The summed E-state index contributed by atoms with van der Waals surface area (Å²) < 4.78 is 30.7. The van der Waals surface area contributed by atoms with Gasteiger partial charge >= 0.3 is 0 Å². The van der Waals surface area contributed by atoms with Crippen LogP contribution in [0.15, 0.2) is 65.1 Å². The standard InChI is InChI=1S/C24H25BrFNO3.ClH/c1-28-23-9-5-17(13-24(23)29-2)11-12-27-15-19-14-20(25)6-10-22(19)30-16-18-3-7-21(26)8-4-18;/h3-10,13-14,27H,11-12,15-16H2,1-2H3;1H. The van der Waals surface area contributed by atoms with Crippen LogP contribution in [0.3, 0.4) is 0 Å². The molecule has 0 aliphatic heterocycles. The number of benzene rings is 3. The molecule has 3 aromatic carbocycles. The van der Waals surface area contributed by atoms with E-state index < -0.39 is 0 Å². The van der Waals surface area contributed by atoms with Crippen molar-refractivity contribution in [3.63, 3.8) is 0 Å². The molecule has 31 heavy (non-hydrogen) atoms. The Morgan fingerprint density at radius 1 is 0.839 bits per heavy atom. The summed E-state index contributed by atoms with van der Waals surface area (Å²) in [6, 6.07) is 18.2. The van der Waals surface area contributed by atoms with Crippen molar-refractivity contribution in [3.05, 3.63) is 87.6 Å². The number of hydrogen-bond donors (Lipinski definition) is 1. The Balaban J connectivity index is 0.00000341. The van der Waals surface area contributed by atoms with Gasteiger partial charge in [-0.1, -0.05) is 34.1 Å². The van der Waals surface area contributed by atoms with Crippen LogP contribution in [-0.2, 0) is 19.6 Å². The summed E-state index contributed by atoms with van der Waals surface area (Å²) in [6.07, 6.45) is 0.861. The fourth-order valence-electron chi connectivity index (χ4n) is 3.06. The Kier molecular flexibility index (Phi) is 10.1. The van der Waals surface area contributed by atoms with E-state index in [1.54, 1.807) is 26.4 Å². The van der Waals surface area contributed by atoms with Crippen molar-refractivity contribution in [2.24, 2.45) is 0 Å². The number of methoxy groups -OCH3 is 2. The second-order valence-electron chi connectivity index (χ2n) is 6.78. The van der Waals surface area contributed by atoms with E-state index >= 15 is 0 Å². The van der Waals surface area contributed by atoms with Crippen LogP contribution in [0.2, 0.25) is 0 Å². The first kappa shape index (κ1) is 25.0. The maximum Gasteiger partial charge on any atom is 0.160 e. The van der Waals surface area contributed by atoms with Crippen LogP contribution in [0.25, 0.3) is 0 Å². The van der Waals surface area contributed by atoms with Gasteiger partial charge in [0.2, 0.25) is 0 Å². The van der Waals surface area contributed by atoms with Crippen LogP contribution in [0, 0.1) is 5.82 Å². The number of nitrogens with one attached hydrogen (secondary N) is 1. The van der Waals surface area contributed by atoms with E-state index in [2.05, 4.69) is 21.2 Å². The zero-order valence-electron chi connectivity index (χ0n) is 17.5. The van der Waals surface area contributed by atoms with Crippen molar-refractivity contribution in [2.45, 2.75) is 19.6 Å². The topological polar surface area (TPSA) is 39.7 Å². The molecule has 3 aromatic rings. The molecule has 0 amide bonds. The fraction of sp³-hybridized carbons (Fsp3) is 0.250. The summed E-state index contributed by atoms with van der Waals surface area (Å²) in [5.41, 5.74) is 3.15. The molecule has 0 aliphatic carbocycles. The summed E-state index contributed by atoms with van der Waals surface area (Å²) in [5.74, 6) is 2.02. The quantitative estimate of drug-likeness (QED) is 0.343. The highest BCUT2D eigenvalue weighted by Crippen LogP contribution is 2.28. The molecular weight excluding hydrogens is 485 g/mol. The van der Waals surface area contributed by atoms with E-state index in [4.69, 9.17) is 14.2 Å². The average molecular weight is 511 g/mol. The van der Waals surface area contributed by atoms with Gasteiger partial charge in [-0.3, -0.25) is 0 Å². The van der Waals surface area contributed by atoms with Crippen molar-refractivity contribution in [1.82, 2.24) is 5.32 Å². The first-order valence-electron chi connectivity index (χ1n) is 9.66. The third-order valence-corrected chi connectivity index (χ3v) is 5.18. The number of hydrogen-bond acceptors (Lipinski definition) is 4. The summed E-state index contributed by atoms with van der Waals surface area (Å²) >= 11 is 3.52. The van der Waals surface area contributed by atoms with Crippen LogP contribution in [0.5, 0.6) is 17.2 Å². The van der Waals surface area contributed by atoms with Crippen molar-refractivity contribution in [1.29, 1.82) is 0 Å². The van der Waals surface area contributed by atoms with Gasteiger partial charge in [-0.05, 0) is 66.6 Å². The molecule has 1 N–H and O–H groups in total. The summed E-state index contributed by atoms with van der Waals surface area (Å²) in [5, 5.41) is 3.47. The van der Waals surface area contributed by atoms with E-state index in [0.29, 0.717) is 13.2 Å². The molecule has 0 fully saturated rings. The highest BCUT2D eigenvalue weighted by atomic mass is 79.9. The summed E-state index contributed by atoms with van der Waals surface area (Å²) in [6.45, 7) is 1.87. The van der Waals surface area contributed by atoms with Crippen LogP contribution >= 0.6 is 28.3 Å². The van der Waals surface area contributed by atoms with E-state index in [1.165, 1.54) is 17.7 Å². The Hall–Kier alpha value is -2.28. The zero-order chi connectivity index (χ0) is 21.3. The second kappa shape index (κ2) is 12.5. The SMILES string of the molecule is COc1ccc(CCNCc2cc(Br)ccc2OCc2ccc(F)cc2)cc1OC.Cl. The number of ether oxygens (including phenoxy) is 3. The Bertz CT molecular complexity index is 970. The Morgan fingerprint density at radius 2 is 1.52 bits per heavy atom. The fourth-order valence-corrected chi connectivity index (χ4v) is 3.47. The van der Waals surface area contributed by atoms with E-state index in [0.717, 1.165) is 45.8 Å². The monoisotopic (exact) mass is 509 g/mol. The molecule has 0 bridgehead atoms. The van der Waals surface area contributed by atoms with Gasteiger partial charge < -0.3 is 19.5 Å². The molecule has 0 aliphatic rings. The Labute approximate surface area is 197 Å². The van der Waals surface area contributed by atoms with Crippen molar-refractivity contribution in [2.75, 3.05) is 20.8 Å². The van der Waals surface area contributed by atoms with Crippen LogP contribution in [0.1, 0.15) is 16.7 Å². The van der Waals surface area contributed by atoms with Gasteiger partial charge in [-0.15, -0.1) is 12.4 Å². The van der Waals surface area contributed by atoms with E-state index in [1.807, 2.05) is 36.4 Å². The van der Waals surface area contributed by atoms with Crippen molar-refractivity contribution in [3.8, 4) is 17.2 Å². The average Bonchev–Trinajstić information content (AvgIpc) is 2.77. The molecule has 0 unspecified atom stereocenters. The van der Waals surface area contributed by atoms with E-state index in [9.17, 15) is 4.39 Å². The normalized spacial score (nSPS) is 10.3. The first-order valence-corrected chi connectivity index (χ1v) is 10.5. The lowest BCUT2D eigenvalue weighted by Crippen LogP contribution is -2.17. The second-order valence-corrected chi connectivity index (χ2v) is 7.70. The molecule has 0 spiro atoms. The molecule has 7 heteroatoms. The molecular formula is C24H26BrClFNO3. The lowest BCUT2D eigenvalue weighted by atomic mass is 10.1. The molecule has 0 saturated carbocycles. The third-order valence-electron chi connectivity index (χ3n) is 4.68. The lowest BCUT2D eigenvalue weighted by molar-refractivity contribution is 0.302. The molecule has 0 aromatic heterocycles. The van der Waals surface area contributed by atoms with Gasteiger partial charge in [0.05, 0.1) is 14.2 Å². The maximum atomic E-state index is 13.1. The molecule has 0 radical (unpaired) electrons. The van der Waals surface area contributed by atoms with Crippen LogP contribution in [-0.4, -0.2) is 20.8 Å². The smallest absolute Gasteiger partial charge is 0.160 e. The maximum absolute atomic E-state index is 13.1. The molecule has 0 atom stereocenters. The number of rotatable bonds is 10. The van der Waals surface area contributed by atoms with Gasteiger partial charge in [0.25, 0.3) is 0 Å². The molecule has 4 nitrogen and oxygen atoms in total. The third kappa shape index (κ3) is 7.42. The molecule has 166 valence electrons. The number of halogens is 3. The highest BCUT2D eigenvalue weighted by molar-refractivity contribution is 9.10. The van der Waals surface area contributed by atoms with Crippen LogP contribution in [0.4, 0.5) is 4.39 Å². The first-order chi connectivity index (χ1) is 14.6. The van der Waals surface area contributed by atoms with Gasteiger partial charge in [0, 0.05) is 16.6 Å². The van der Waals surface area contributed by atoms with Gasteiger partial charge in [-0.2, -0.15) is 0 Å². The van der Waals surface area contributed by atoms with E-state index in [-0.39, 0.29) is 18.2 Å². The predicted octanol–water partition coefficient (Wildman–Crippen LogP) is 5.94. The molecule has 0 heterocycles. The van der Waals surface area contributed by atoms with Crippen LogP contribution < -0.4 is 19.5 Å². The minimum atomic E-state index is -0.248. The van der Waals surface area contributed by atoms with Crippen molar-refractivity contribution < 1.29 is 18.6 Å². The minimum Gasteiger partial charge on any atom is -0.493 e. The van der Waals surface area contributed by atoms with Gasteiger partial charge in [0.15, 0.2) is 11.5 Å². The summed E-state index contributed by atoms with van der Waals surface area (Å²) in [4.78, 5) is 0.